The van der Waals surface area contributed by atoms with Crippen LogP contribution >= 0.6 is 0 Å². The zero-order valence-electron chi connectivity index (χ0n) is 21.9. The van der Waals surface area contributed by atoms with Gasteiger partial charge in [0, 0.05) is 31.6 Å². The van der Waals surface area contributed by atoms with Gasteiger partial charge in [-0.25, -0.2) is 4.98 Å². The Morgan fingerprint density at radius 1 is 0.946 bits per heavy atom. The quantitative estimate of drug-likeness (QED) is 0.374. The van der Waals surface area contributed by atoms with Gasteiger partial charge in [-0.1, -0.05) is 18.6 Å². The first-order chi connectivity index (χ1) is 18.0. The number of nitrogens with one attached hydrogen (secondary N) is 1. The fourth-order valence-electron chi connectivity index (χ4n) is 4.80. The number of para-hydroxylation sites is 2. The largest absolute Gasteiger partial charge is 0.493 e. The van der Waals surface area contributed by atoms with Crippen LogP contribution in [0.5, 0.6) is 17.2 Å². The Labute approximate surface area is 217 Å². The summed E-state index contributed by atoms with van der Waals surface area (Å²) in [7, 11) is 4.58. The number of aromatic nitrogens is 2. The van der Waals surface area contributed by atoms with Crippen molar-refractivity contribution in [2.75, 3.05) is 41.0 Å². The molecule has 2 heterocycles. The average Bonchev–Trinajstić information content (AvgIpc) is 3.58. The molecule has 1 saturated heterocycles. The number of ether oxygens (including phenoxy) is 3. The van der Waals surface area contributed by atoms with Crippen molar-refractivity contribution in [3.63, 3.8) is 0 Å². The summed E-state index contributed by atoms with van der Waals surface area (Å²) in [6.45, 7) is 2.59. The number of carbonyl (C=O) groups excluding carboxylic acids is 2. The minimum absolute atomic E-state index is 0.163. The summed E-state index contributed by atoms with van der Waals surface area (Å²) < 4.78 is 18.1. The van der Waals surface area contributed by atoms with E-state index in [0.717, 1.165) is 68.5 Å². The highest BCUT2D eigenvalue weighted by atomic mass is 16.5. The summed E-state index contributed by atoms with van der Waals surface area (Å²) >= 11 is 0. The molecular formula is C28H36N4O5. The summed E-state index contributed by atoms with van der Waals surface area (Å²) in [5.74, 6) is 2.25. The van der Waals surface area contributed by atoms with Gasteiger partial charge in [0.2, 0.25) is 11.7 Å². The van der Waals surface area contributed by atoms with Crippen LogP contribution in [0.15, 0.2) is 36.4 Å². The molecule has 9 heteroatoms. The Bertz CT molecular complexity index is 1210. The van der Waals surface area contributed by atoms with Crippen molar-refractivity contribution in [1.82, 2.24) is 19.8 Å². The number of hydrogen-bond donors (Lipinski definition) is 1. The molecule has 0 aliphatic carbocycles. The van der Waals surface area contributed by atoms with Gasteiger partial charge in [0.1, 0.15) is 12.4 Å². The number of carbonyl (C=O) groups is 2. The summed E-state index contributed by atoms with van der Waals surface area (Å²) in [6, 6.07) is 11.3. The second kappa shape index (κ2) is 12.5. The third kappa shape index (κ3) is 6.15. The van der Waals surface area contributed by atoms with E-state index in [-0.39, 0.29) is 11.8 Å². The Hall–Kier alpha value is -3.75. The van der Waals surface area contributed by atoms with E-state index in [9.17, 15) is 9.59 Å². The van der Waals surface area contributed by atoms with E-state index in [1.54, 1.807) is 12.1 Å². The maximum Gasteiger partial charge on any atom is 0.251 e. The van der Waals surface area contributed by atoms with Crippen molar-refractivity contribution >= 4 is 22.8 Å². The lowest BCUT2D eigenvalue weighted by Crippen LogP contribution is -2.31. The highest BCUT2D eigenvalue weighted by molar-refractivity contribution is 5.95. The molecule has 0 spiro atoms. The molecule has 0 bridgehead atoms. The fourth-order valence-corrected chi connectivity index (χ4v) is 4.80. The van der Waals surface area contributed by atoms with E-state index in [2.05, 4.69) is 9.88 Å². The molecule has 0 atom stereocenters. The van der Waals surface area contributed by atoms with Crippen LogP contribution in [0.2, 0.25) is 0 Å². The van der Waals surface area contributed by atoms with E-state index < -0.39 is 0 Å². The van der Waals surface area contributed by atoms with Gasteiger partial charge in [-0.2, -0.15) is 0 Å². The highest BCUT2D eigenvalue weighted by Gasteiger charge is 2.21. The second-order valence-corrected chi connectivity index (χ2v) is 9.17. The number of amides is 2. The second-order valence-electron chi connectivity index (χ2n) is 9.17. The molecule has 1 aliphatic heterocycles. The molecule has 0 saturated carbocycles. The highest BCUT2D eigenvalue weighted by Crippen LogP contribution is 2.38. The van der Waals surface area contributed by atoms with Crippen LogP contribution in [0, 0.1) is 0 Å². The van der Waals surface area contributed by atoms with Gasteiger partial charge in [-0.05, 0) is 49.9 Å². The Balaban J connectivity index is 1.30. The van der Waals surface area contributed by atoms with Crippen LogP contribution in [0.4, 0.5) is 0 Å². The van der Waals surface area contributed by atoms with Crippen LogP contribution in [0.25, 0.3) is 11.0 Å². The molecule has 198 valence electrons. The first-order valence-corrected chi connectivity index (χ1v) is 12.9. The van der Waals surface area contributed by atoms with Crippen molar-refractivity contribution in [2.24, 2.45) is 0 Å². The van der Waals surface area contributed by atoms with Crippen LogP contribution in [-0.2, 0) is 17.8 Å². The van der Waals surface area contributed by atoms with E-state index in [0.29, 0.717) is 35.9 Å². The van der Waals surface area contributed by atoms with Crippen molar-refractivity contribution in [1.29, 1.82) is 0 Å². The average molecular weight is 509 g/mol. The lowest BCUT2D eigenvalue weighted by molar-refractivity contribution is -0.130. The van der Waals surface area contributed by atoms with E-state index in [1.807, 2.05) is 29.2 Å². The van der Waals surface area contributed by atoms with Gasteiger partial charge >= 0.3 is 0 Å². The van der Waals surface area contributed by atoms with Crippen LogP contribution in [-0.4, -0.2) is 67.2 Å². The monoisotopic (exact) mass is 508 g/mol. The number of hydrogen-bond acceptors (Lipinski definition) is 6. The molecule has 4 rings (SSSR count). The third-order valence-electron chi connectivity index (χ3n) is 6.78. The normalized spacial score (nSPS) is 13.1. The van der Waals surface area contributed by atoms with Gasteiger partial charge in [-0.3, -0.25) is 9.59 Å². The maximum absolute atomic E-state index is 12.8. The lowest BCUT2D eigenvalue weighted by atomic mass is 10.1. The number of nitrogens with zero attached hydrogens (tertiary/aromatic N) is 3. The predicted octanol–water partition coefficient (Wildman–Crippen LogP) is 3.83. The van der Waals surface area contributed by atoms with Crippen LogP contribution in [0.1, 0.15) is 48.3 Å². The number of aryl methyl sites for hydroxylation is 1. The summed E-state index contributed by atoms with van der Waals surface area (Å²) in [6.07, 6.45) is 5.63. The molecule has 2 amide bonds. The van der Waals surface area contributed by atoms with Crippen molar-refractivity contribution in [3.05, 3.63) is 47.8 Å². The zero-order valence-corrected chi connectivity index (χ0v) is 21.9. The lowest BCUT2D eigenvalue weighted by Gasteiger charge is -2.17. The van der Waals surface area contributed by atoms with E-state index in [4.69, 9.17) is 19.2 Å². The minimum Gasteiger partial charge on any atom is -0.493 e. The topological polar surface area (TPSA) is 94.9 Å². The van der Waals surface area contributed by atoms with E-state index >= 15 is 0 Å². The molecule has 1 N–H and O–H groups in total. The SMILES string of the molecule is COc1cc(C(=O)NCCCCCc2nc3ccccc3n2CC(=O)N2CCCC2)cc(OC)c1OC. The molecule has 9 nitrogen and oxygen atoms in total. The number of rotatable bonds is 12. The molecule has 1 aromatic heterocycles. The predicted molar refractivity (Wildman–Crippen MR) is 142 cm³/mol. The van der Waals surface area contributed by atoms with E-state index in [1.165, 1.54) is 21.3 Å². The maximum atomic E-state index is 12.8. The number of likely N-dealkylation sites (tertiary alicyclic amines) is 1. The molecule has 2 aromatic carbocycles. The molecule has 37 heavy (non-hydrogen) atoms. The van der Waals surface area contributed by atoms with Crippen molar-refractivity contribution in [2.45, 2.75) is 45.1 Å². The fraction of sp³-hybridized carbons (Fsp3) is 0.464. The van der Waals surface area contributed by atoms with Gasteiger partial charge in [0.05, 0.1) is 32.4 Å². The molecule has 3 aromatic rings. The summed E-state index contributed by atoms with van der Waals surface area (Å²) in [5, 5.41) is 2.97. The van der Waals surface area contributed by atoms with Gasteiger partial charge in [-0.15, -0.1) is 0 Å². The van der Waals surface area contributed by atoms with Crippen molar-refractivity contribution < 1.29 is 23.8 Å². The molecular weight excluding hydrogens is 472 g/mol. The summed E-state index contributed by atoms with van der Waals surface area (Å²) in [5.41, 5.74) is 2.37. The molecule has 0 unspecified atom stereocenters. The first kappa shape index (κ1) is 26.3. The number of methoxy groups -OCH3 is 3. The Kier molecular flexibility index (Phi) is 8.87. The Morgan fingerprint density at radius 2 is 1.65 bits per heavy atom. The minimum atomic E-state index is -0.193. The smallest absolute Gasteiger partial charge is 0.251 e. The van der Waals surface area contributed by atoms with Gasteiger partial charge in [0.15, 0.2) is 11.5 Å². The third-order valence-corrected chi connectivity index (χ3v) is 6.78. The van der Waals surface area contributed by atoms with Crippen LogP contribution < -0.4 is 19.5 Å². The molecule has 1 fully saturated rings. The molecule has 0 radical (unpaired) electrons. The Morgan fingerprint density at radius 3 is 2.32 bits per heavy atom. The summed E-state index contributed by atoms with van der Waals surface area (Å²) in [4.78, 5) is 32.3. The number of fused-ring (bicyclic) bond motifs is 1. The number of imidazole rings is 1. The first-order valence-electron chi connectivity index (χ1n) is 12.9. The zero-order chi connectivity index (χ0) is 26.2. The molecule has 1 aliphatic rings. The standard InChI is InChI=1S/C28H36N4O5/c1-35-23-17-20(18-24(36-2)27(23)37-3)28(34)29-14-8-4-5-13-25-30-21-11-6-7-12-22(21)32(25)19-26(33)31-15-9-10-16-31/h6-7,11-12,17-18H,4-5,8-10,13-16,19H2,1-3H3,(H,29,34). The van der Waals surface area contributed by atoms with Gasteiger partial charge < -0.3 is 29.0 Å². The number of benzene rings is 2. The van der Waals surface area contributed by atoms with Crippen LogP contribution in [0.3, 0.4) is 0 Å². The van der Waals surface area contributed by atoms with Crippen molar-refractivity contribution in [3.8, 4) is 17.2 Å². The van der Waals surface area contributed by atoms with Gasteiger partial charge in [0.25, 0.3) is 5.91 Å². The number of unbranched alkanes of at least 4 members (excludes halogenated alkanes) is 2.